The lowest BCUT2D eigenvalue weighted by Gasteiger charge is -2.14. The van der Waals surface area contributed by atoms with Crippen molar-refractivity contribution in [3.63, 3.8) is 0 Å². The number of carbonyl (C=O) groups is 1. The molecule has 0 aliphatic carbocycles. The molecule has 4 rings (SSSR count). The first kappa shape index (κ1) is 25.1. The fraction of sp³-hybridized carbons (Fsp3) is 0. The highest BCUT2D eigenvalue weighted by Gasteiger charge is 2.18. The van der Waals surface area contributed by atoms with E-state index in [9.17, 15) is 13.2 Å². The second kappa shape index (κ2) is 10.3. The lowest BCUT2D eigenvalue weighted by atomic mass is 10.1. The van der Waals surface area contributed by atoms with Gasteiger partial charge in [0.2, 0.25) is 10.0 Å². The molecule has 36 heavy (non-hydrogen) atoms. The van der Waals surface area contributed by atoms with Crippen molar-refractivity contribution in [2.45, 2.75) is 4.90 Å². The molecule has 4 aromatic carbocycles. The SMILES string of the molecule is N=C(N)c1ccccc1Oc1ccc(Br)cc1C(=O)Nc1ccc(-c2ccccc2S(N)(=O)=O)cc1. The summed E-state index contributed by atoms with van der Waals surface area (Å²) < 4.78 is 30.5. The van der Waals surface area contributed by atoms with Gasteiger partial charge in [0.25, 0.3) is 5.91 Å². The number of nitrogen functional groups attached to an aromatic ring is 1. The number of nitrogens with one attached hydrogen (secondary N) is 2. The Kier molecular flexibility index (Phi) is 7.20. The number of amidine groups is 1. The maximum absolute atomic E-state index is 13.2. The van der Waals surface area contributed by atoms with Crippen molar-refractivity contribution in [3.8, 4) is 22.6 Å². The summed E-state index contributed by atoms with van der Waals surface area (Å²) >= 11 is 3.38. The van der Waals surface area contributed by atoms with Crippen LogP contribution in [-0.2, 0) is 10.0 Å². The van der Waals surface area contributed by atoms with Crippen molar-refractivity contribution in [1.82, 2.24) is 0 Å². The van der Waals surface area contributed by atoms with Gasteiger partial charge in [-0.05, 0) is 54.1 Å². The summed E-state index contributed by atoms with van der Waals surface area (Å²) in [5.41, 5.74) is 7.90. The molecule has 0 aliphatic heterocycles. The van der Waals surface area contributed by atoms with E-state index >= 15 is 0 Å². The van der Waals surface area contributed by atoms with Crippen molar-refractivity contribution in [2.24, 2.45) is 10.9 Å². The highest BCUT2D eigenvalue weighted by molar-refractivity contribution is 9.10. The molecule has 0 bridgehead atoms. The Balaban J connectivity index is 1.60. The Bertz CT molecular complexity index is 1570. The third-order valence-corrected chi connectivity index (χ3v) is 6.69. The zero-order valence-corrected chi connectivity index (χ0v) is 21.1. The minimum atomic E-state index is -3.90. The molecule has 0 radical (unpaired) electrons. The molecule has 0 fully saturated rings. The summed E-state index contributed by atoms with van der Waals surface area (Å²) in [6.07, 6.45) is 0. The normalized spacial score (nSPS) is 11.1. The number of hydrogen-bond donors (Lipinski definition) is 4. The van der Waals surface area contributed by atoms with Crippen LogP contribution in [0.2, 0.25) is 0 Å². The van der Waals surface area contributed by atoms with Gasteiger partial charge in [-0.3, -0.25) is 10.2 Å². The molecule has 0 heterocycles. The summed E-state index contributed by atoms with van der Waals surface area (Å²) in [7, 11) is -3.90. The number of benzene rings is 4. The van der Waals surface area contributed by atoms with Crippen molar-refractivity contribution in [3.05, 3.63) is 107 Å². The van der Waals surface area contributed by atoms with E-state index in [0.29, 0.717) is 32.6 Å². The fourth-order valence-electron chi connectivity index (χ4n) is 3.55. The molecular weight excluding hydrogens is 544 g/mol. The highest BCUT2D eigenvalue weighted by Crippen LogP contribution is 2.32. The first-order valence-electron chi connectivity index (χ1n) is 10.6. The third kappa shape index (κ3) is 5.62. The first-order chi connectivity index (χ1) is 17.1. The van der Waals surface area contributed by atoms with Gasteiger partial charge in [0.05, 0.1) is 16.0 Å². The molecule has 0 aromatic heterocycles. The van der Waals surface area contributed by atoms with E-state index in [0.717, 1.165) is 0 Å². The molecule has 6 N–H and O–H groups in total. The largest absolute Gasteiger partial charge is 0.456 e. The molecule has 0 atom stereocenters. The van der Waals surface area contributed by atoms with E-state index in [-0.39, 0.29) is 22.0 Å². The lowest BCUT2D eigenvalue weighted by molar-refractivity contribution is 0.102. The number of ether oxygens (including phenoxy) is 1. The highest BCUT2D eigenvalue weighted by atomic mass is 79.9. The maximum atomic E-state index is 13.2. The number of halogens is 1. The van der Waals surface area contributed by atoms with Crippen LogP contribution in [0.25, 0.3) is 11.1 Å². The van der Waals surface area contributed by atoms with E-state index < -0.39 is 15.9 Å². The maximum Gasteiger partial charge on any atom is 0.259 e. The average molecular weight is 565 g/mol. The Morgan fingerprint density at radius 3 is 2.19 bits per heavy atom. The number of hydrogen-bond acceptors (Lipinski definition) is 5. The van der Waals surface area contributed by atoms with Gasteiger partial charge in [0.15, 0.2) is 0 Å². The molecule has 0 saturated heterocycles. The van der Waals surface area contributed by atoms with Crippen LogP contribution in [0.5, 0.6) is 11.5 Å². The van der Waals surface area contributed by atoms with Crippen LogP contribution in [0.4, 0.5) is 5.69 Å². The van der Waals surface area contributed by atoms with Gasteiger partial charge in [-0.1, -0.05) is 58.4 Å². The number of sulfonamides is 1. The fourth-order valence-corrected chi connectivity index (χ4v) is 4.67. The van der Waals surface area contributed by atoms with Gasteiger partial charge in [-0.25, -0.2) is 13.6 Å². The van der Waals surface area contributed by atoms with E-state index in [1.165, 1.54) is 6.07 Å². The number of amides is 1. The van der Waals surface area contributed by atoms with Gasteiger partial charge < -0.3 is 15.8 Å². The molecule has 10 heteroatoms. The summed E-state index contributed by atoms with van der Waals surface area (Å²) in [6.45, 7) is 0. The van der Waals surface area contributed by atoms with Crippen molar-refractivity contribution < 1.29 is 17.9 Å². The van der Waals surface area contributed by atoms with Crippen LogP contribution in [-0.4, -0.2) is 20.2 Å². The molecule has 182 valence electrons. The van der Waals surface area contributed by atoms with Gasteiger partial charge in [0, 0.05) is 15.7 Å². The predicted molar refractivity (Wildman–Crippen MR) is 143 cm³/mol. The first-order valence-corrected chi connectivity index (χ1v) is 12.9. The summed E-state index contributed by atoms with van der Waals surface area (Å²) in [5.74, 6) is 0.0458. The third-order valence-electron chi connectivity index (χ3n) is 5.23. The number of carbonyl (C=O) groups excluding carboxylic acids is 1. The van der Waals surface area contributed by atoms with E-state index in [2.05, 4.69) is 21.2 Å². The Morgan fingerprint density at radius 1 is 0.861 bits per heavy atom. The standard InChI is InChI=1S/C26H21BrN4O4S/c27-17-11-14-23(35-22-7-3-1-6-20(22)25(28)29)21(15-17)26(32)31-18-12-9-16(10-13-18)19-5-2-4-8-24(19)36(30,33)34/h1-15H,(H3,28,29)(H,31,32)(H2,30,33,34). The van der Waals surface area contributed by atoms with Crippen molar-refractivity contribution in [2.75, 3.05) is 5.32 Å². The Hall–Kier alpha value is -3.99. The van der Waals surface area contributed by atoms with Crippen LogP contribution in [0.3, 0.4) is 0 Å². The number of primary sulfonamides is 1. The van der Waals surface area contributed by atoms with Crippen LogP contribution in [0.15, 0.2) is 100 Å². The van der Waals surface area contributed by atoms with Gasteiger partial charge in [-0.15, -0.1) is 0 Å². The smallest absolute Gasteiger partial charge is 0.259 e. The predicted octanol–water partition coefficient (Wildman–Crippen LogP) is 5.09. The van der Waals surface area contributed by atoms with Crippen molar-refractivity contribution in [1.29, 1.82) is 5.41 Å². The summed E-state index contributed by atoms with van der Waals surface area (Å²) in [6, 6.07) is 25.0. The van der Waals surface area contributed by atoms with E-state index in [1.807, 2.05) is 0 Å². The number of nitrogens with two attached hydrogens (primary N) is 2. The molecule has 8 nitrogen and oxygen atoms in total. The quantitative estimate of drug-likeness (QED) is 0.182. The Morgan fingerprint density at radius 2 is 1.50 bits per heavy atom. The Labute approximate surface area is 216 Å². The number of anilines is 1. The average Bonchev–Trinajstić information content (AvgIpc) is 2.85. The van der Waals surface area contributed by atoms with Gasteiger partial charge in [-0.2, -0.15) is 0 Å². The van der Waals surface area contributed by atoms with Gasteiger partial charge in [0.1, 0.15) is 17.3 Å². The van der Waals surface area contributed by atoms with Gasteiger partial charge >= 0.3 is 0 Å². The minimum Gasteiger partial charge on any atom is -0.456 e. The zero-order chi connectivity index (χ0) is 25.9. The van der Waals surface area contributed by atoms with E-state index in [1.54, 1.807) is 84.9 Å². The molecule has 0 aliphatic rings. The molecule has 0 unspecified atom stereocenters. The number of para-hydroxylation sites is 1. The minimum absolute atomic E-state index is 0.0172. The topological polar surface area (TPSA) is 148 Å². The zero-order valence-electron chi connectivity index (χ0n) is 18.7. The second-order valence-corrected chi connectivity index (χ2v) is 10.2. The number of rotatable bonds is 7. The summed E-state index contributed by atoms with van der Waals surface area (Å²) in [5, 5.41) is 15.9. The van der Waals surface area contributed by atoms with Crippen LogP contribution < -0.4 is 20.9 Å². The van der Waals surface area contributed by atoms with Crippen molar-refractivity contribution >= 4 is 43.4 Å². The van der Waals surface area contributed by atoms with Crippen LogP contribution >= 0.6 is 15.9 Å². The van der Waals surface area contributed by atoms with Crippen LogP contribution in [0.1, 0.15) is 15.9 Å². The van der Waals surface area contributed by atoms with E-state index in [4.69, 9.17) is 21.0 Å². The lowest BCUT2D eigenvalue weighted by Crippen LogP contribution is -2.15. The van der Waals surface area contributed by atoms with Crippen LogP contribution in [0, 0.1) is 5.41 Å². The summed E-state index contributed by atoms with van der Waals surface area (Å²) in [4.78, 5) is 13.2. The second-order valence-electron chi connectivity index (χ2n) is 7.73. The monoisotopic (exact) mass is 564 g/mol. The molecule has 0 spiro atoms. The molecule has 0 saturated carbocycles. The molecule has 1 amide bonds. The molecule has 4 aromatic rings. The molecular formula is C26H21BrN4O4S.